The summed E-state index contributed by atoms with van der Waals surface area (Å²) in [6, 6.07) is 2.00. The van der Waals surface area contributed by atoms with Crippen LogP contribution < -0.4 is 0 Å². The van der Waals surface area contributed by atoms with Crippen LogP contribution in [0.25, 0.3) is 0 Å². The van der Waals surface area contributed by atoms with E-state index in [1.54, 1.807) is 18.3 Å². The third-order valence-corrected chi connectivity index (χ3v) is 2.36. The number of carbonyl (C=O) groups excluding carboxylic acids is 1. The Morgan fingerprint density at radius 2 is 2.43 bits per heavy atom. The van der Waals surface area contributed by atoms with Gasteiger partial charge in [-0.25, -0.2) is 0 Å². The van der Waals surface area contributed by atoms with E-state index in [0.717, 1.165) is 5.56 Å². The molecule has 0 unspecified atom stereocenters. The van der Waals surface area contributed by atoms with Crippen LogP contribution >= 0.6 is 11.3 Å². The fourth-order valence-electron chi connectivity index (χ4n) is 0.939. The van der Waals surface area contributed by atoms with Gasteiger partial charge in [-0.05, 0) is 19.9 Å². The van der Waals surface area contributed by atoms with E-state index < -0.39 is 0 Å². The van der Waals surface area contributed by atoms with Gasteiger partial charge in [0.05, 0.1) is 6.61 Å². The number of carbonyl (C=O) groups is 1. The molecule has 0 aliphatic rings. The molecule has 0 bridgehead atoms. The minimum absolute atomic E-state index is 0.169. The first-order valence-electron chi connectivity index (χ1n) is 4.42. The molecular weight excluding hydrogens is 196 g/mol. The zero-order chi connectivity index (χ0) is 10.4. The van der Waals surface area contributed by atoms with Gasteiger partial charge in [0.1, 0.15) is 6.42 Å². The number of hydrogen-bond acceptors (Lipinski definition) is 3. The second-order valence-corrected chi connectivity index (χ2v) is 3.84. The van der Waals surface area contributed by atoms with Gasteiger partial charge >= 0.3 is 5.97 Å². The summed E-state index contributed by atoms with van der Waals surface area (Å²) in [6.45, 7) is 4.23. The molecule has 0 amide bonds. The summed E-state index contributed by atoms with van der Waals surface area (Å²) in [6.07, 6.45) is 0.169. The zero-order valence-corrected chi connectivity index (χ0v) is 9.11. The minimum Gasteiger partial charge on any atom is -0.465 e. The van der Waals surface area contributed by atoms with Crippen molar-refractivity contribution in [3.63, 3.8) is 0 Å². The summed E-state index contributed by atoms with van der Waals surface area (Å²) in [5.41, 5.74) is 0.969. The minimum atomic E-state index is -0.257. The van der Waals surface area contributed by atoms with Gasteiger partial charge in [-0.3, -0.25) is 4.79 Å². The third kappa shape index (κ3) is 3.63. The Balaban J connectivity index is 2.44. The molecule has 1 heterocycles. The SMILES string of the molecule is CCOC(=O)CC#Cc1csc(C)c1. The normalized spacial score (nSPS) is 9.00. The van der Waals surface area contributed by atoms with Crippen molar-refractivity contribution >= 4 is 17.3 Å². The highest BCUT2D eigenvalue weighted by Gasteiger charge is 1.96. The van der Waals surface area contributed by atoms with Crippen LogP contribution in [-0.4, -0.2) is 12.6 Å². The second-order valence-electron chi connectivity index (χ2n) is 2.73. The predicted molar refractivity (Wildman–Crippen MR) is 57.2 cm³/mol. The zero-order valence-electron chi connectivity index (χ0n) is 8.29. The van der Waals surface area contributed by atoms with E-state index in [1.165, 1.54) is 4.88 Å². The number of hydrogen-bond donors (Lipinski definition) is 0. The van der Waals surface area contributed by atoms with Gasteiger partial charge in [0.25, 0.3) is 0 Å². The molecule has 0 N–H and O–H groups in total. The summed E-state index contributed by atoms with van der Waals surface area (Å²) < 4.78 is 4.75. The van der Waals surface area contributed by atoms with Gasteiger partial charge in [0.2, 0.25) is 0 Å². The van der Waals surface area contributed by atoms with Crippen molar-refractivity contribution < 1.29 is 9.53 Å². The van der Waals surface area contributed by atoms with Crippen LogP contribution in [0, 0.1) is 18.8 Å². The molecule has 0 saturated heterocycles. The third-order valence-electron chi connectivity index (χ3n) is 1.50. The smallest absolute Gasteiger partial charge is 0.317 e. The largest absolute Gasteiger partial charge is 0.465 e. The van der Waals surface area contributed by atoms with Crippen LogP contribution in [0.3, 0.4) is 0 Å². The Hall–Kier alpha value is -1.27. The highest BCUT2D eigenvalue weighted by Crippen LogP contribution is 2.11. The maximum absolute atomic E-state index is 10.9. The summed E-state index contributed by atoms with van der Waals surface area (Å²) in [4.78, 5) is 12.1. The van der Waals surface area contributed by atoms with E-state index in [4.69, 9.17) is 4.74 Å². The van der Waals surface area contributed by atoms with Gasteiger partial charge in [-0.15, -0.1) is 11.3 Å². The van der Waals surface area contributed by atoms with Gasteiger partial charge in [0.15, 0.2) is 0 Å². The first-order chi connectivity index (χ1) is 6.72. The van der Waals surface area contributed by atoms with Gasteiger partial charge < -0.3 is 4.74 Å². The van der Waals surface area contributed by atoms with E-state index in [-0.39, 0.29) is 12.4 Å². The number of ether oxygens (including phenoxy) is 1. The molecular formula is C11H12O2S. The maximum atomic E-state index is 10.9. The van der Waals surface area contributed by atoms with Crippen LogP contribution in [0.15, 0.2) is 11.4 Å². The van der Waals surface area contributed by atoms with E-state index in [0.29, 0.717) is 6.61 Å². The first kappa shape index (κ1) is 10.8. The van der Waals surface area contributed by atoms with Crippen molar-refractivity contribution in [3.05, 3.63) is 21.9 Å². The van der Waals surface area contributed by atoms with Gasteiger partial charge in [-0.1, -0.05) is 11.8 Å². The summed E-state index contributed by atoms with van der Waals surface area (Å²) in [5.74, 6) is 5.44. The highest BCUT2D eigenvalue weighted by atomic mass is 32.1. The standard InChI is InChI=1S/C11H12O2S/c1-3-13-11(12)6-4-5-10-7-9(2)14-8-10/h7-8H,3,6H2,1-2H3. The van der Waals surface area contributed by atoms with Crippen LogP contribution in [0.5, 0.6) is 0 Å². The summed E-state index contributed by atoms with van der Waals surface area (Å²) in [7, 11) is 0. The van der Waals surface area contributed by atoms with Crippen molar-refractivity contribution in [2.75, 3.05) is 6.61 Å². The van der Waals surface area contributed by atoms with E-state index in [1.807, 2.05) is 18.4 Å². The quantitative estimate of drug-likeness (QED) is 0.551. The Labute approximate surface area is 87.9 Å². The fraction of sp³-hybridized carbons (Fsp3) is 0.364. The topological polar surface area (TPSA) is 26.3 Å². The molecule has 0 fully saturated rings. The Morgan fingerprint density at radius 1 is 1.64 bits per heavy atom. The van der Waals surface area contributed by atoms with Crippen LogP contribution in [0.2, 0.25) is 0 Å². The molecule has 0 saturated carbocycles. The van der Waals surface area contributed by atoms with Crippen molar-refractivity contribution in [2.45, 2.75) is 20.3 Å². The highest BCUT2D eigenvalue weighted by molar-refractivity contribution is 7.10. The fourth-order valence-corrected chi connectivity index (χ4v) is 1.57. The lowest BCUT2D eigenvalue weighted by Gasteiger charge is -1.94. The van der Waals surface area contributed by atoms with E-state index in [9.17, 15) is 4.79 Å². The van der Waals surface area contributed by atoms with E-state index >= 15 is 0 Å². The molecule has 1 aromatic heterocycles. The number of thiophene rings is 1. The molecule has 3 heteroatoms. The molecule has 2 nitrogen and oxygen atoms in total. The van der Waals surface area contributed by atoms with Crippen LogP contribution in [0.1, 0.15) is 23.8 Å². The molecule has 0 spiro atoms. The number of rotatable bonds is 2. The molecule has 0 radical (unpaired) electrons. The van der Waals surface area contributed by atoms with Crippen LogP contribution in [0.4, 0.5) is 0 Å². The molecule has 0 atom stereocenters. The Bertz CT molecular complexity index is 368. The molecule has 0 aliphatic carbocycles. The molecule has 1 rings (SSSR count). The van der Waals surface area contributed by atoms with Crippen molar-refractivity contribution in [1.29, 1.82) is 0 Å². The average Bonchev–Trinajstić information content (AvgIpc) is 2.52. The lowest BCUT2D eigenvalue weighted by atomic mass is 10.3. The summed E-state index contributed by atoms with van der Waals surface area (Å²) >= 11 is 1.65. The molecule has 74 valence electrons. The molecule has 0 aromatic carbocycles. The Kier molecular flexibility index (Phi) is 4.21. The Morgan fingerprint density at radius 3 is 3.00 bits per heavy atom. The van der Waals surface area contributed by atoms with Crippen molar-refractivity contribution in [3.8, 4) is 11.8 Å². The maximum Gasteiger partial charge on any atom is 0.317 e. The van der Waals surface area contributed by atoms with Gasteiger partial charge in [-0.2, -0.15) is 0 Å². The van der Waals surface area contributed by atoms with Crippen LogP contribution in [-0.2, 0) is 9.53 Å². The number of aryl methyl sites for hydroxylation is 1. The van der Waals surface area contributed by atoms with E-state index in [2.05, 4.69) is 11.8 Å². The monoisotopic (exact) mass is 208 g/mol. The lowest BCUT2D eigenvalue weighted by Crippen LogP contribution is -2.01. The predicted octanol–water partition coefficient (Wildman–Crippen LogP) is 2.36. The van der Waals surface area contributed by atoms with Crippen molar-refractivity contribution in [2.24, 2.45) is 0 Å². The lowest BCUT2D eigenvalue weighted by molar-refractivity contribution is -0.141. The number of esters is 1. The molecule has 0 aliphatic heterocycles. The first-order valence-corrected chi connectivity index (χ1v) is 5.30. The molecule has 1 aromatic rings. The van der Waals surface area contributed by atoms with Gasteiger partial charge in [0, 0.05) is 15.8 Å². The van der Waals surface area contributed by atoms with Crippen molar-refractivity contribution in [1.82, 2.24) is 0 Å². The molecule has 14 heavy (non-hydrogen) atoms. The second kappa shape index (κ2) is 5.46. The average molecular weight is 208 g/mol. The summed E-state index contributed by atoms with van der Waals surface area (Å²) in [5, 5.41) is 1.98.